The number of anilines is 1. The lowest BCUT2D eigenvalue weighted by molar-refractivity contribution is -0.101. The Morgan fingerprint density at radius 2 is 2.15 bits per heavy atom. The summed E-state index contributed by atoms with van der Waals surface area (Å²) in [5.41, 5.74) is 0.963. The van der Waals surface area contributed by atoms with Crippen LogP contribution < -0.4 is 10.5 Å². The molecule has 4 nitrogen and oxygen atoms in total. The molecular formula is C5H3ClF3N3O. The third kappa shape index (κ3) is 2.94. The molecule has 0 fully saturated rings. The second-order valence-corrected chi connectivity index (χ2v) is 2.37. The minimum atomic E-state index is -4.03. The van der Waals surface area contributed by atoms with Crippen molar-refractivity contribution in [1.82, 2.24) is 9.97 Å². The highest BCUT2D eigenvalue weighted by Gasteiger charge is 2.30. The molecule has 0 radical (unpaired) electrons. The summed E-state index contributed by atoms with van der Waals surface area (Å²) < 4.78 is 40.2. The van der Waals surface area contributed by atoms with Gasteiger partial charge in [-0.1, -0.05) is 0 Å². The molecule has 72 valence electrons. The van der Waals surface area contributed by atoms with Crippen LogP contribution in [0.2, 0.25) is 0 Å². The highest BCUT2D eigenvalue weighted by Crippen LogP contribution is 2.25. The SMILES string of the molecule is Nc1ncc(F)c(OC(F)(F)Cl)n1. The van der Waals surface area contributed by atoms with Crippen molar-refractivity contribution < 1.29 is 17.9 Å². The van der Waals surface area contributed by atoms with Crippen LogP contribution in [0.15, 0.2) is 6.20 Å². The fourth-order valence-electron chi connectivity index (χ4n) is 0.546. The fourth-order valence-corrected chi connectivity index (χ4v) is 0.619. The number of hydrogen-bond donors (Lipinski definition) is 1. The van der Waals surface area contributed by atoms with Gasteiger partial charge in [0.05, 0.1) is 6.20 Å². The molecule has 1 rings (SSSR count). The quantitative estimate of drug-likeness (QED) is 0.754. The summed E-state index contributed by atoms with van der Waals surface area (Å²) >= 11 is 4.37. The molecule has 1 aromatic heterocycles. The molecule has 0 aromatic carbocycles. The Bertz CT molecular complexity index is 316. The average Bonchev–Trinajstić information content (AvgIpc) is 1.94. The van der Waals surface area contributed by atoms with Gasteiger partial charge in [-0.15, -0.1) is 8.78 Å². The van der Waals surface area contributed by atoms with Gasteiger partial charge in [0.1, 0.15) is 0 Å². The van der Waals surface area contributed by atoms with E-state index in [9.17, 15) is 13.2 Å². The number of halogens is 4. The van der Waals surface area contributed by atoms with E-state index in [4.69, 9.17) is 5.73 Å². The number of alkyl halides is 3. The molecule has 1 heterocycles. The van der Waals surface area contributed by atoms with Gasteiger partial charge >= 0.3 is 5.57 Å². The predicted octanol–water partition coefficient (Wildman–Crippen LogP) is 1.37. The van der Waals surface area contributed by atoms with Crippen LogP contribution in [0.5, 0.6) is 5.88 Å². The molecule has 0 spiro atoms. The minimum absolute atomic E-state index is 0.391. The molecule has 0 amide bonds. The van der Waals surface area contributed by atoms with Crippen LogP contribution in [-0.2, 0) is 0 Å². The molecule has 0 aliphatic carbocycles. The molecule has 0 unspecified atom stereocenters. The molecule has 0 aliphatic rings. The van der Waals surface area contributed by atoms with E-state index in [-0.39, 0.29) is 0 Å². The Balaban J connectivity index is 2.94. The molecule has 0 bridgehead atoms. The van der Waals surface area contributed by atoms with Crippen molar-refractivity contribution in [3.05, 3.63) is 12.0 Å². The maximum Gasteiger partial charge on any atom is 0.488 e. The Labute approximate surface area is 75.5 Å². The normalized spacial score (nSPS) is 11.4. The highest BCUT2D eigenvalue weighted by atomic mass is 35.5. The fraction of sp³-hybridized carbons (Fsp3) is 0.200. The van der Waals surface area contributed by atoms with Crippen LogP contribution in [0.3, 0.4) is 0 Å². The van der Waals surface area contributed by atoms with Gasteiger partial charge in [-0.3, -0.25) is 0 Å². The smallest absolute Gasteiger partial charge is 0.399 e. The average molecular weight is 214 g/mol. The molecule has 0 aliphatic heterocycles. The lowest BCUT2D eigenvalue weighted by Gasteiger charge is -2.09. The van der Waals surface area contributed by atoms with Crippen LogP contribution in [0, 0.1) is 5.82 Å². The van der Waals surface area contributed by atoms with E-state index in [0.717, 1.165) is 0 Å². The van der Waals surface area contributed by atoms with Crippen LogP contribution >= 0.6 is 11.6 Å². The third-order valence-electron chi connectivity index (χ3n) is 0.943. The zero-order valence-electron chi connectivity index (χ0n) is 5.97. The number of hydrogen-bond acceptors (Lipinski definition) is 4. The van der Waals surface area contributed by atoms with Crippen molar-refractivity contribution in [3.63, 3.8) is 0 Å². The third-order valence-corrected chi connectivity index (χ3v) is 1.02. The van der Waals surface area contributed by atoms with Gasteiger partial charge in [-0.25, -0.2) is 4.98 Å². The molecule has 8 heteroatoms. The summed E-state index contributed by atoms with van der Waals surface area (Å²) in [5, 5.41) is 0. The summed E-state index contributed by atoms with van der Waals surface area (Å²) in [6.07, 6.45) is 0.598. The summed E-state index contributed by atoms with van der Waals surface area (Å²) in [5.74, 6) is -2.56. The van der Waals surface area contributed by atoms with Crippen LogP contribution in [0.25, 0.3) is 0 Å². The van der Waals surface area contributed by atoms with Crippen molar-refractivity contribution in [2.45, 2.75) is 5.57 Å². The second kappa shape index (κ2) is 3.25. The van der Waals surface area contributed by atoms with E-state index >= 15 is 0 Å². The van der Waals surface area contributed by atoms with E-state index in [1.807, 2.05) is 0 Å². The Hall–Kier alpha value is -1.24. The van der Waals surface area contributed by atoms with Crippen molar-refractivity contribution in [2.75, 3.05) is 5.73 Å². The molecule has 13 heavy (non-hydrogen) atoms. The van der Waals surface area contributed by atoms with Crippen LogP contribution in [-0.4, -0.2) is 15.5 Å². The number of nitrogens with two attached hydrogens (primary N) is 1. The molecular weight excluding hydrogens is 211 g/mol. The van der Waals surface area contributed by atoms with E-state index in [1.54, 1.807) is 0 Å². The van der Waals surface area contributed by atoms with Crippen molar-refractivity contribution in [1.29, 1.82) is 0 Å². The number of ether oxygens (including phenoxy) is 1. The monoisotopic (exact) mass is 213 g/mol. The first-order chi connectivity index (χ1) is 5.88. The maximum atomic E-state index is 12.6. The summed E-state index contributed by atoms with van der Waals surface area (Å²) in [6, 6.07) is 0. The standard InChI is InChI=1S/C5H3ClF3N3O/c6-5(8,9)13-3-2(7)1-11-4(10)12-3/h1H,(H2,10,11,12). The van der Waals surface area contributed by atoms with E-state index in [1.165, 1.54) is 0 Å². The maximum absolute atomic E-state index is 12.6. The van der Waals surface area contributed by atoms with E-state index in [0.29, 0.717) is 6.20 Å². The van der Waals surface area contributed by atoms with Crippen LogP contribution in [0.4, 0.5) is 19.1 Å². The molecule has 1 aromatic rings. The first-order valence-corrected chi connectivity index (χ1v) is 3.30. The zero-order chi connectivity index (χ0) is 10.1. The Morgan fingerprint density at radius 1 is 1.54 bits per heavy atom. The lowest BCUT2D eigenvalue weighted by atomic mass is 10.6. The van der Waals surface area contributed by atoms with Gasteiger partial charge in [0.15, 0.2) is 0 Å². The van der Waals surface area contributed by atoms with Gasteiger partial charge in [-0.2, -0.15) is 9.37 Å². The zero-order valence-corrected chi connectivity index (χ0v) is 6.73. The lowest BCUT2D eigenvalue weighted by Crippen LogP contribution is -2.18. The summed E-state index contributed by atoms with van der Waals surface area (Å²) in [6.45, 7) is 0. The van der Waals surface area contributed by atoms with Gasteiger partial charge in [0.25, 0.3) is 5.88 Å². The summed E-state index contributed by atoms with van der Waals surface area (Å²) in [7, 11) is 0. The first kappa shape index (κ1) is 9.85. The van der Waals surface area contributed by atoms with Gasteiger partial charge in [0.2, 0.25) is 11.8 Å². The second-order valence-electron chi connectivity index (χ2n) is 1.93. The minimum Gasteiger partial charge on any atom is -0.399 e. The molecule has 2 N–H and O–H groups in total. The molecule has 0 saturated heterocycles. The Kier molecular flexibility index (Phi) is 2.46. The van der Waals surface area contributed by atoms with Gasteiger partial charge in [0, 0.05) is 11.6 Å². The van der Waals surface area contributed by atoms with Gasteiger partial charge in [-0.05, 0) is 0 Å². The van der Waals surface area contributed by atoms with Crippen molar-refractivity contribution >= 4 is 17.5 Å². The molecule has 0 saturated carbocycles. The number of aromatic nitrogens is 2. The van der Waals surface area contributed by atoms with Crippen molar-refractivity contribution in [3.8, 4) is 5.88 Å². The highest BCUT2D eigenvalue weighted by molar-refractivity contribution is 6.20. The largest absolute Gasteiger partial charge is 0.488 e. The number of nitrogens with zero attached hydrogens (tertiary/aromatic N) is 2. The number of nitrogen functional groups attached to an aromatic ring is 1. The predicted molar refractivity (Wildman–Crippen MR) is 37.8 cm³/mol. The van der Waals surface area contributed by atoms with Gasteiger partial charge < -0.3 is 10.5 Å². The molecule has 0 atom stereocenters. The summed E-state index contributed by atoms with van der Waals surface area (Å²) in [4.78, 5) is 6.26. The Morgan fingerprint density at radius 3 is 2.69 bits per heavy atom. The van der Waals surface area contributed by atoms with E-state index < -0.39 is 23.2 Å². The first-order valence-electron chi connectivity index (χ1n) is 2.92. The van der Waals surface area contributed by atoms with E-state index in [2.05, 4.69) is 26.3 Å². The van der Waals surface area contributed by atoms with Crippen molar-refractivity contribution in [2.24, 2.45) is 0 Å². The number of rotatable bonds is 2. The topological polar surface area (TPSA) is 61.0 Å². The van der Waals surface area contributed by atoms with Crippen LogP contribution in [0.1, 0.15) is 0 Å².